The molecule has 3 aromatic carbocycles. The number of nitrogens with zero attached hydrogens (tertiary/aromatic N) is 2. The fourth-order valence-electron chi connectivity index (χ4n) is 4.61. The minimum atomic E-state index is -0.257. The van der Waals surface area contributed by atoms with Gasteiger partial charge in [-0.2, -0.15) is 5.10 Å². The van der Waals surface area contributed by atoms with Crippen LogP contribution in [0, 0.1) is 0 Å². The van der Waals surface area contributed by atoms with Crippen molar-refractivity contribution in [2.24, 2.45) is 0 Å². The number of aromatic nitrogens is 2. The van der Waals surface area contributed by atoms with E-state index in [4.69, 9.17) is 14.6 Å². The fourth-order valence-corrected chi connectivity index (χ4v) is 4.61. The molecule has 2 heterocycles. The highest BCUT2D eigenvalue weighted by atomic mass is 16.5. The van der Waals surface area contributed by atoms with Gasteiger partial charge in [0.1, 0.15) is 17.6 Å². The number of urea groups is 1. The maximum Gasteiger partial charge on any atom is 0.315 e. The first-order valence-corrected chi connectivity index (χ1v) is 12.7. The van der Waals surface area contributed by atoms with E-state index in [1.807, 2.05) is 78.5 Å². The second-order valence-electron chi connectivity index (χ2n) is 9.22. The normalized spacial score (nSPS) is 14.1. The molecule has 0 saturated heterocycles. The zero-order valence-electron chi connectivity index (χ0n) is 21.2. The van der Waals surface area contributed by atoms with Crippen LogP contribution in [0.1, 0.15) is 36.1 Å². The summed E-state index contributed by atoms with van der Waals surface area (Å²) in [7, 11) is 0. The lowest BCUT2D eigenvalue weighted by Gasteiger charge is -2.14. The molecule has 5 rings (SSSR count). The third-order valence-corrected chi connectivity index (χ3v) is 6.33. The van der Waals surface area contributed by atoms with Crippen molar-refractivity contribution in [3.63, 3.8) is 0 Å². The standard InChI is InChI=1S/C30H32N4O3/c1-3-36-27-15-24-14-21(2)37-28(24)16-25(27)17-31-30(35)32-18-26-20-34(19-22-10-6-4-7-11-22)33-29(26)23-12-8-5-9-13-23/h4-13,15-16,20-21H,3,14,17-19H2,1-2H3,(H2,31,32,35). The van der Waals surface area contributed by atoms with Crippen molar-refractivity contribution >= 4 is 6.03 Å². The van der Waals surface area contributed by atoms with Gasteiger partial charge in [-0.3, -0.25) is 4.68 Å². The van der Waals surface area contributed by atoms with Gasteiger partial charge >= 0.3 is 6.03 Å². The van der Waals surface area contributed by atoms with Crippen molar-refractivity contribution in [2.75, 3.05) is 6.61 Å². The molecule has 190 valence electrons. The lowest BCUT2D eigenvalue weighted by molar-refractivity contribution is 0.239. The van der Waals surface area contributed by atoms with Crippen LogP contribution in [0.5, 0.6) is 11.5 Å². The number of ether oxygens (including phenoxy) is 2. The van der Waals surface area contributed by atoms with Gasteiger partial charge in [-0.15, -0.1) is 0 Å². The highest BCUT2D eigenvalue weighted by Gasteiger charge is 2.22. The molecule has 7 heteroatoms. The quantitative estimate of drug-likeness (QED) is 0.329. The summed E-state index contributed by atoms with van der Waals surface area (Å²) in [6.45, 7) is 5.92. The predicted octanol–water partition coefficient (Wildman–Crippen LogP) is 5.32. The monoisotopic (exact) mass is 496 g/mol. The van der Waals surface area contributed by atoms with Crippen LogP contribution in [0.15, 0.2) is 79.0 Å². The van der Waals surface area contributed by atoms with E-state index in [2.05, 4.69) is 29.7 Å². The average molecular weight is 497 g/mol. The Morgan fingerprint density at radius 2 is 1.73 bits per heavy atom. The van der Waals surface area contributed by atoms with Crippen molar-refractivity contribution in [3.8, 4) is 22.8 Å². The molecule has 0 radical (unpaired) electrons. The van der Waals surface area contributed by atoms with E-state index in [1.54, 1.807) is 0 Å². The van der Waals surface area contributed by atoms with Gasteiger partial charge in [0.2, 0.25) is 0 Å². The van der Waals surface area contributed by atoms with E-state index < -0.39 is 0 Å². The zero-order valence-corrected chi connectivity index (χ0v) is 21.2. The first-order valence-electron chi connectivity index (χ1n) is 12.7. The molecular formula is C30H32N4O3. The van der Waals surface area contributed by atoms with Crippen LogP contribution >= 0.6 is 0 Å². The highest BCUT2D eigenvalue weighted by Crippen LogP contribution is 2.35. The number of hydrogen-bond acceptors (Lipinski definition) is 4. The van der Waals surface area contributed by atoms with E-state index >= 15 is 0 Å². The van der Waals surface area contributed by atoms with Crippen LogP contribution in [-0.4, -0.2) is 28.5 Å². The molecule has 2 amide bonds. The molecule has 0 saturated carbocycles. The number of amides is 2. The SMILES string of the molecule is CCOc1cc2c(cc1CNC(=O)NCc1cn(Cc3ccccc3)nc1-c1ccccc1)OC(C)C2. The van der Waals surface area contributed by atoms with Gasteiger partial charge in [0.25, 0.3) is 0 Å². The maximum atomic E-state index is 12.8. The number of rotatable bonds is 9. The second-order valence-corrected chi connectivity index (χ2v) is 9.22. The second kappa shape index (κ2) is 11.2. The van der Waals surface area contributed by atoms with Crippen molar-refractivity contribution in [1.82, 2.24) is 20.4 Å². The van der Waals surface area contributed by atoms with Crippen molar-refractivity contribution < 1.29 is 14.3 Å². The number of carbonyl (C=O) groups excluding carboxylic acids is 1. The van der Waals surface area contributed by atoms with Crippen molar-refractivity contribution in [3.05, 3.63) is 101 Å². The Morgan fingerprint density at radius 3 is 2.46 bits per heavy atom. The van der Waals surface area contributed by atoms with Crippen LogP contribution < -0.4 is 20.1 Å². The van der Waals surface area contributed by atoms with Gasteiger partial charge in [-0.1, -0.05) is 60.7 Å². The molecule has 1 aliphatic heterocycles. The van der Waals surface area contributed by atoms with E-state index in [-0.39, 0.29) is 12.1 Å². The molecule has 0 aliphatic carbocycles. The van der Waals surface area contributed by atoms with Gasteiger partial charge in [0.15, 0.2) is 0 Å². The summed E-state index contributed by atoms with van der Waals surface area (Å²) in [5.41, 5.74) is 6.03. The van der Waals surface area contributed by atoms with Crippen LogP contribution in [0.3, 0.4) is 0 Å². The molecule has 37 heavy (non-hydrogen) atoms. The summed E-state index contributed by atoms with van der Waals surface area (Å²) >= 11 is 0. The van der Waals surface area contributed by atoms with E-state index in [0.29, 0.717) is 26.2 Å². The molecule has 0 bridgehead atoms. The summed E-state index contributed by atoms with van der Waals surface area (Å²) in [6, 6.07) is 24.0. The summed E-state index contributed by atoms with van der Waals surface area (Å²) in [4.78, 5) is 12.8. The highest BCUT2D eigenvalue weighted by molar-refractivity contribution is 5.74. The molecule has 4 aromatic rings. The van der Waals surface area contributed by atoms with Gasteiger partial charge in [0, 0.05) is 48.0 Å². The van der Waals surface area contributed by atoms with Gasteiger partial charge < -0.3 is 20.1 Å². The number of carbonyl (C=O) groups is 1. The predicted molar refractivity (Wildman–Crippen MR) is 144 cm³/mol. The summed E-state index contributed by atoms with van der Waals surface area (Å²) < 4.78 is 13.7. The Hall–Kier alpha value is -4.26. The first-order chi connectivity index (χ1) is 18.1. The average Bonchev–Trinajstić information content (AvgIpc) is 3.49. The lowest BCUT2D eigenvalue weighted by atomic mass is 10.1. The number of nitrogens with one attached hydrogen (secondary N) is 2. The summed E-state index contributed by atoms with van der Waals surface area (Å²) in [5, 5.41) is 10.8. The first kappa shape index (κ1) is 24.4. The molecule has 7 nitrogen and oxygen atoms in total. The van der Waals surface area contributed by atoms with Crippen molar-refractivity contribution in [2.45, 2.75) is 46.0 Å². The minimum Gasteiger partial charge on any atom is -0.494 e. The Kier molecular flexibility index (Phi) is 7.40. The molecule has 0 spiro atoms. The number of benzene rings is 3. The number of fused-ring (bicyclic) bond motifs is 1. The van der Waals surface area contributed by atoms with Crippen LogP contribution in [0.25, 0.3) is 11.3 Å². The van der Waals surface area contributed by atoms with Crippen LogP contribution in [0.2, 0.25) is 0 Å². The summed E-state index contributed by atoms with van der Waals surface area (Å²) in [6.07, 6.45) is 3.02. The van der Waals surface area contributed by atoms with Crippen molar-refractivity contribution in [1.29, 1.82) is 0 Å². The third kappa shape index (κ3) is 5.94. The van der Waals surface area contributed by atoms with Crippen LogP contribution in [-0.2, 0) is 26.1 Å². The lowest BCUT2D eigenvalue weighted by Crippen LogP contribution is -2.34. The van der Waals surface area contributed by atoms with Crippen LogP contribution in [0.4, 0.5) is 4.79 Å². The molecular weight excluding hydrogens is 464 g/mol. The Labute approximate surface area is 217 Å². The van der Waals surface area contributed by atoms with E-state index in [9.17, 15) is 4.79 Å². The van der Waals surface area contributed by atoms with Gasteiger partial charge in [0.05, 0.1) is 18.8 Å². The number of hydrogen-bond donors (Lipinski definition) is 2. The van der Waals surface area contributed by atoms with Gasteiger partial charge in [-0.05, 0) is 31.5 Å². The topological polar surface area (TPSA) is 77.4 Å². The smallest absolute Gasteiger partial charge is 0.315 e. The fraction of sp³-hybridized carbons (Fsp3) is 0.267. The molecule has 1 aliphatic rings. The largest absolute Gasteiger partial charge is 0.494 e. The summed E-state index contributed by atoms with van der Waals surface area (Å²) in [5.74, 6) is 1.65. The molecule has 1 aromatic heterocycles. The maximum absolute atomic E-state index is 12.8. The van der Waals surface area contributed by atoms with Gasteiger partial charge in [-0.25, -0.2) is 4.79 Å². The molecule has 1 unspecified atom stereocenters. The zero-order chi connectivity index (χ0) is 25.6. The van der Waals surface area contributed by atoms with E-state index in [0.717, 1.165) is 45.9 Å². The Bertz CT molecular complexity index is 1350. The molecule has 0 fully saturated rings. The molecule has 2 N–H and O–H groups in total. The Morgan fingerprint density at radius 1 is 1.03 bits per heavy atom. The Balaban J connectivity index is 1.27. The minimum absolute atomic E-state index is 0.151. The molecule has 1 atom stereocenters. The third-order valence-electron chi connectivity index (χ3n) is 6.33. The van der Waals surface area contributed by atoms with E-state index in [1.165, 1.54) is 5.56 Å².